The van der Waals surface area contributed by atoms with Crippen LogP contribution < -0.4 is 5.32 Å². The molecule has 0 bridgehead atoms. The van der Waals surface area contributed by atoms with Crippen LogP contribution in [0, 0.1) is 6.92 Å². The Morgan fingerprint density at radius 1 is 1.18 bits per heavy atom. The molecule has 0 unspecified atom stereocenters. The number of carbonyl (C=O) groups is 1. The molecule has 0 saturated carbocycles. The minimum absolute atomic E-state index is 0.00537. The van der Waals surface area contributed by atoms with Crippen LogP contribution in [-0.4, -0.2) is 21.9 Å². The molecule has 0 aliphatic heterocycles. The van der Waals surface area contributed by atoms with Gasteiger partial charge in [-0.1, -0.05) is 41.1 Å². The predicted molar refractivity (Wildman–Crippen MR) is 100 cm³/mol. The Balaban J connectivity index is 1.61. The van der Waals surface area contributed by atoms with Crippen molar-refractivity contribution < 1.29 is 22.4 Å². The van der Waals surface area contributed by atoms with Gasteiger partial charge < -0.3 is 9.73 Å². The number of halogens is 4. The van der Waals surface area contributed by atoms with E-state index >= 15 is 0 Å². The lowest BCUT2D eigenvalue weighted by molar-refractivity contribution is -0.137. The van der Waals surface area contributed by atoms with E-state index in [1.165, 1.54) is 0 Å². The Labute approximate surface area is 167 Å². The quantitative estimate of drug-likeness (QED) is 0.548. The molecule has 10 heteroatoms. The summed E-state index contributed by atoms with van der Waals surface area (Å²) in [6.07, 6.45) is -4.53. The maximum absolute atomic E-state index is 12.8. The highest BCUT2D eigenvalue weighted by molar-refractivity contribution is 7.99. The number of amides is 1. The zero-order chi connectivity index (χ0) is 20.3. The normalized spacial score (nSPS) is 11.5. The molecule has 2 aromatic carbocycles. The minimum Gasteiger partial charge on any atom is -0.411 e. The lowest BCUT2D eigenvalue weighted by atomic mass is 10.1. The fourth-order valence-electron chi connectivity index (χ4n) is 2.19. The van der Waals surface area contributed by atoms with Crippen LogP contribution in [0.4, 0.5) is 18.9 Å². The van der Waals surface area contributed by atoms with Gasteiger partial charge in [-0.15, -0.1) is 10.2 Å². The van der Waals surface area contributed by atoms with Crippen molar-refractivity contribution in [2.45, 2.75) is 18.3 Å². The molecule has 0 aliphatic rings. The Morgan fingerprint density at radius 2 is 1.89 bits per heavy atom. The number of hydrogen-bond donors (Lipinski definition) is 1. The zero-order valence-electron chi connectivity index (χ0n) is 14.4. The second-order valence-electron chi connectivity index (χ2n) is 5.77. The van der Waals surface area contributed by atoms with Crippen molar-refractivity contribution >= 4 is 35.0 Å². The van der Waals surface area contributed by atoms with E-state index in [1.807, 2.05) is 31.2 Å². The maximum Gasteiger partial charge on any atom is 0.416 e. The molecule has 1 aromatic heterocycles. The van der Waals surface area contributed by atoms with Crippen LogP contribution in [0.2, 0.25) is 5.02 Å². The van der Waals surface area contributed by atoms with Gasteiger partial charge in [0.15, 0.2) is 0 Å². The van der Waals surface area contributed by atoms with Crippen molar-refractivity contribution in [2.24, 2.45) is 0 Å². The molecule has 0 aliphatic carbocycles. The van der Waals surface area contributed by atoms with Gasteiger partial charge in [-0.05, 0) is 37.3 Å². The Bertz CT molecular complexity index is 990. The molecule has 0 atom stereocenters. The molecule has 0 spiro atoms. The summed E-state index contributed by atoms with van der Waals surface area (Å²) in [5.41, 5.74) is 0.806. The van der Waals surface area contributed by atoms with Gasteiger partial charge in [0.25, 0.3) is 5.22 Å². The summed E-state index contributed by atoms with van der Waals surface area (Å²) in [7, 11) is 0. The highest BCUT2D eigenvalue weighted by Gasteiger charge is 2.31. The van der Waals surface area contributed by atoms with Gasteiger partial charge >= 0.3 is 6.18 Å². The van der Waals surface area contributed by atoms with Gasteiger partial charge in [-0.3, -0.25) is 4.79 Å². The number of anilines is 1. The van der Waals surface area contributed by atoms with Crippen LogP contribution >= 0.6 is 23.4 Å². The summed E-state index contributed by atoms with van der Waals surface area (Å²) >= 11 is 6.82. The van der Waals surface area contributed by atoms with Gasteiger partial charge in [0.1, 0.15) is 0 Å². The van der Waals surface area contributed by atoms with Gasteiger partial charge in [-0.2, -0.15) is 13.2 Å². The van der Waals surface area contributed by atoms with Crippen molar-refractivity contribution in [1.82, 2.24) is 10.2 Å². The van der Waals surface area contributed by atoms with E-state index in [0.717, 1.165) is 41.1 Å². The third-order valence-electron chi connectivity index (χ3n) is 3.60. The fourth-order valence-corrected chi connectivity index (χ4v) is 2.92. The first-order valence-corrected chi connectivity index (χ1v) is 9.28. The van der Waals surface area contributed by atoms with Crippen LogP contribution in [0.25, 0.3) is 11.5 Å². The van der Waals surface area contributed by atoms with Gasteiger partial charge in [0, 0.05) is 5.56 Å². The number of rotatable bonds is 5. The molecule has 0 fully saturated rings. The van der Waals surface area contributed by atoms with Crippen molar-refractivity contribution in [1.29, 1.82) is 0 Å². The van der Waals surface area contributed by atoms with Crippen molar-refractivity contribution in [3.63, 3.8) is 0 Å². The summed E-state index contributed by atoms with van der Waals surface area (Å²) < 4.78 is 43.8. The van der Waals surface area contributed by atoms with Crippen LogP contribution in [-0.2, 0) is 11.0 Å². The van der Waals surface area contributed by atoms with Crippen LogP contribution in [0.1, 0.15) is 11.1 Å². The lowest BCUT2D eigenvalue weighted by Gasteiger charge is -2.11. The Hall–Kier alpha value is -2.52. The molecule has 0 saturated heterocycles. The molecule has 1 heterocycles. The third kappa shape index (κ3) is 5.05. The smallest absolute Gasteiger partial charge is 0.411 e. The van der Waals surface area contributed by atoms with E-state index in [2.05, 4.69) is 15.5 Å². The average molecular weight is 428 g/mol. The van der Waals surface area contributed by atoms with Crippen LogP contribution in [0.15, 0.2) is 52.1 Å². The fraction of sp³-hybridized carbons (Fsp3) is 0.167. The summed E-state index contributed by atoms with van der Waals surface area (Å²) in [4.78, 5) is 12.1. The molecular formula is C18H13ClF3N3O2S. The Morgan fingerprint density at radius 3 is 2.57 bits per heavy atom. The van der Waals surface area contributed by atoms with Crippen molar-refractivity contribution in [3.05, 3.63) is 58.6 Å². The van der Waals surface area contributed by atoms with E-state index in [-0.39, 0.29) is 21.7 Å². The number of nitrogens with zero attached hydrogens (tertiary/aromatic N) is 2. The molecule has 28 heavy (non-hydrogen) atoms. The minimum atomic E-state index is -4.53. The molecule has 1 amide bonds. The van der Waals surface area contributed by atoms with E-state index in [1.54, 1.807) is 0 Å². The first-order valence-electron chi connectivity index (χ1n) is 7.92. The predicted octanol–water partition coefficient (Wildman–Crippen LogP) is 5.45. The first-order chi connectivity index (χ1) is 13.2. The largest absolute Gasteiger partial charge is 0.416 e. The summed E-state index contributed by atoms with van der Waals surface area (Å²) in [6, 6.07) is 10.2. The van der Waals surface area contributed by atoms with E-state index in [4.69, 9.17) is 16.0 Å². The zero-order valence-corrected chi connectivity index (χ0v) is 16.0. The average Bonchev–Trinajstić information content (AvgIpc) is 3.10. The number of benzene rings is 2. The second-order valence-corrected chi connectivity index (χ2v) is 7.10. The number of alkyl halides is 3. The molecule has 3 aromatic rings. The highest BCUT2D eigenvalue weighted by atomic mass is 35.5. The van der Waals surface area contributed by atoms with Crippen molar-refractivity contribution in [3.8, 4) is 11.5 Å². The van der Waals surface area contributed by atoms with Crippen LogP contribution in [0.5, 0.6) is 0 Å². The summed E-state index contributed by atoms with van der Waals surface area (Å²) in [5, 5.41) is 10.3. The molecule has 1 N–H and O–H groups in total. The van der Waals surface area contributed by atoms with Gasteiger partial charge in [-0.25, -0.2) is 0 Å². The third-order valence-corrected chi connectivity index (χ3v) is 4.75. The number of nitrogens with one attached hydrogen (secondary N) is 1. The topological polar surface area (TPSA) is 68.0 Å². The maximum atomic E-state index is 12.8. The van der Waals surface area contributed by atoms with E-state index in [0.29, 0.717) is 5.89 Å². The lowest BCUT2D eigenvalue weighted by Crippen LogP contribution is -2.15. The Kier molecular flexibility index (Phi) is 5.95. The number of carbonyl (C=O) groups excluding carboxylic acids is 1. The van der Waals surface area contributed by atoms with Crippen LogP contribution in [0.3, 0.4) is 0 Å². The molecule has 146 valence electrons. The molecular weight excluding hydrogens is 415 g/mol. The monoisotopic (exact) mass is 427 g/mol. The van der Waals surface area contributed by atoms with Gasteiger partial charge in [0.2, 0.25) is 11.8 Å². The van der Waals surface area contributed by atoms with Gasteiger partial charge in [0.05, 0.1) is 22.0 Å². The molecule has 3 rings (SSSR count). The second kappa shape index (κ2) is 8.24. The SMILES string of the molecule is Cc1ccc(-c2nnc(SCC(=O)Nc3cc(C(F)(F)F)ccc3Cl)o2)cc1. The molecule has 0 radical (unpaired) electrons. The number of thioether (sulfide) groups is 1. The standard InChI is InChI=1S/C18H13ClF3N3O2S/c1-10-2-4-11(5-3-10)16-24-25-17(27-16)28-9-15(26)23-14-8-12(18(20,21)22)6-7-13(14)19/h2-8H,9H2,1H3,(H,23,26). The summed E-state index contributed by atoms with van der Waals surface area (Å²) in [5.74, 6) is -0.382. The first kappa shape index (κ1) is 20.2. The van der Waals surface area contributed by atoms with E-state index in [9.17, 15) is 18.0 Å². The molecule has 5 nitrogen and oxygen atoms in total. The number of aromatic nitrogens is 2. The van der Waals surface area contributed by atoms with Crippen molar-refractivity contribution in [2.75, 3.05) is 11.1 Å². The number of aryl methyl sites for hydroxylation is 1. The number of hydrogen-bond acceptors (Lipinski definition) is 5. The highest BCUT2D eigenvalue weighted by Crippen LogP contribution is 2.34. The van der Waals surface area contributed by atoms with E-state index < -0.39 is 17.6 Å². The summed E-state index contributed by atoms with van der Waals surface area (Å²) in [6.45, 7) is 1.95.